The van der Waals surface area contributed by atoms with E-state index >= 15 is 0 Å². The summed E-state index contributed by atoms with van der Waals surface area (Å²) in [5, 5.41) is 4.42. The quantitative estimate of drug-likeness (QED) is 0.824. The van der Waals surface area contributed by atoms with Gasteiger partial charge in [-0.3, -0.25) is 9.58 Å². The second kappa shape index (κ2) is 4.97. The van der Waals surface area contributed by atoms with E-state index in [-0.39, 0.29) is 0 Å². The zero-order valence-electron chi connectivity index (χ0n) is 10.3. The second-order valence-electron chi connectivity index (χ2n) is 4.98. The number of piperidine rings is 1. The molecule has 4 nitrogen and oxygen atoms in total. The summed E-state index contributed by atoms with van der Waals surface area (Å²) in [4.78, 5) is 2.47. The minimum Gasteiger partial charge on any atom is -0.330 e. The third-order valence-corrected chi connectivity index (χ3v) is 3.66. The molecule has 1 aromatic rings. The average Bonchev–Trinajstić information content (AvgIpc) is 2.67. The largest absolute Gasteiger partial charge is 0.330 e. The first-order valence-electron chi connectivity index (χ1n) is 6.10. The first kappa shape index (κ1) is 11.6. The van der Waals surface area contributed by atoms with Crippen LogP contribution in [0.4, 0.5) is 0 Å². The Morgan fingerprint density at radius 2 is 2.38 bits per heavy atom. The van der Waals surface area contributed by atoms with Crippen molar-refractivity contribution in [1.29, 1.82) is 0 Å². The summed E-state index contributed by atoms with van der Waals surface area (Å²) in [6.07, 6.45) is 3.26. The summed E-state index contributed by atoms with van der Waals surface area (Å²) in [7, 11) is 1.96. The Morgan fingerprint density at radius 1 is 1.56 bits per heavy atom. The molecule has 0 aliphatic carbocycles. The van der Waals surface area contributed by atoms with Gasteiger partial charge in [-0.2, -0.15) is 5.10 Å². The van der Waals surface area contributed by atoms with Crippen molar-refractivity contribution in [3.05, 3.63) is 18.0 Å². The fourth-order valence-corrected chi connectivity index (χ4v) is 2.45. The van der Waals surface area contributed by atoms with Gasteiger partial charge < -0.3 is 5.73 Å². The maximum absolute atomic E-state index is 5.81. The topological polar surface area (TPSA) is 47.1 Å². The smallest absolute Gasteiger partial charge is 0.0764 e. The third kappa shape index (κ3) is 2.62. The summed E-state index contributed by atoms with van der Waals surface area (Å²) in [5.41, 5.74) is 6.97. The van der Waals surface area contributed by atoms with Gasteiger partial charge in [-0.05, 0) is 37.4 Å². The zero-order chi connectivity index (χ0) is 11.5. The standard InChI is InChI=1S/C12H22N4/c1-10-3-6-16(8-11(10)7-13)9-12-4-5-15(2)14-12/h4-5,10-11H,3,6-9,13H2,1-2H3. The molecule has 2 N–H and O–H groups in total. The molecule has 90 valence electrons. The summed E-state index contributed by atoms with van der Waals surface area (Å²) in [6, 6.07) is 2.09. The molecule has 2 heterocycles. The Hall–Kier alpha value is -0.870. The van der Waals surface area contributed by atoms with Crippen LogP contribution in [-0.4, -0.2) is 34.3 Å². The van der Waals surface area contributed by atoms with Crippen LogP contribution in [0.25, 0.3) is 0 Å². The highest BCUT2D eigenvalue weighted by Gasteiger charge is 2.25. The fraction of sp³-hybridized carbons (Fsp3) is 0.750. The molecule has 16 heavy (non-hydrogen) atoms. The fourth-order valence-electron chi connectivity index (χ4n) is 2.45. The highest BCUT2D eigenvalue weighted by Crippen LogP contribution is 2.23. The van der Waals surface area contributed by atoms with Crippen LogP contribution >= 0.6 is 0 Å². The number of nitrogens with zero attached hydrogens (tertiary/aromatic N) is 3. The number of hydrogen-bond acceptors (Lipinski definition) is 3. The lowest BCUT2D eigenvalue weighted by molar-refractivity contribution is 0.125. The highest BCUT2D eigenvalue weighted by atomic mass is 15.3. The lowest BCUT2D eigenvalue weighted by Crippen LogP contribution is -2.42. The van der Waals surface area contributed by atoms with Gasteiger partial charge >= 0.3 is 0 Å². The molecule has 0 radical (unpaired) electrons. The Bertz CT molecular complexity index is 334. The molecule has 1 aliphatic rings. The Balaban J connectivity index is 1.91. The van der Waals surface area contributed by atoms with Gasteiger partial charge in [0.15, 0.2) is 0 Å². The molecule has 2 unspecified atom stereocenters. The summed E-state index contributed by atoms with van der Waals surface area (Å²) >= 11 is 0. The van der Waals surface area contributed by atoms with E-state index in [0.29, 0.717) is 5.92 Å². The van der Waals surface area contributed by atoms with E-state index in [1.807, 2.05) is 17.9 Å². The van der Waals surface area contributed by atoms with Crippen LogP contribution in [0.1, 0.15) is 19.0 Å². The second-order valence-corrected chi connectivity index (χ2v) is 4.98. The van der Waals surface area contributed by atoms with Gasteiger partial charge in [0.1, 0.15) is 0 Å². The molecule has 4 heteroatoms. The molecule has 1 aromatic heterocycles. The van der Waals surface area contributed by atoms with Crippen LogP contribution in [0.15, 0.2) is 12.3 Å². The van der Waals surface area contributed by atoms with E-state index in [2.05, 4.69) is 23.0 Å². The molecule has 1 saturated heterocycles. The van der Waals surface area contributed by atoms with Crippen molar-refractivity contribution in [2.45, 2.75) is 19.9 Å². The highest BCUT2D eigenvalue weighted by molar-refractivity contribution is 4.99. The van der Waals surface area contributed by atoms with Crippen molar-refractivity contribution in [3.63, 3.8) is 0 Å². The van der Waals surface area contributed by atoms with Gasteiger partial charge in [-0.1, -0.05) is 6.92 Å². The van der Waals surface area contributed by atoms with Crippen LogP contribution < -0.4 is 5.73 Å². The minimum absolute atomic E-state index is 0.650. The molecular formula is C12H22N4. The van der Waals surface area contributed by atoms with Crippen LogP contribution in [0.5, 0.6) is 0 Å². The monoisotopic (exact) mass is 222 g/mol. The average molecular weight is 222 g/mol. The molecule has 0 spiro atoms. The third-order valence-electron chi connectivity index (χ3n) is 3.66. The van der Waals surface area contributed by atoms with Crippen LogP contribution in [0.2, 0.25) is 0 Å². The van der Waals surface area contributed by atoms with E-state index in [4.69, 9.17) is 5.73 Å². The van der Waals surface area contributed by atoms with Crippen molar-refractivity contribution in [2.75, 3.05) is 19.6 Å². The molecule has 1 aliphatic heterocycles. The van der Waals surface area contributed by atoms with E-state index in [9.17, 15) is 0 Å². The summed E-state index contributed by atoms with van der Waals surface area (Å²) in [6.45, 7) is 6.38. The van der Waals surface area contributed by atoms with Gasteiger partial charge in [0, 0.05) is 26.3 Å². The summed E-state index contributed by atoms with van der Waals surface area (Å²) in [5.74, 6) is 1.42. The predicted molar refractivity (Wildman–Crippen MR) is 64.8 cm³/mol. The molecule has 2 atom stereocenters. The maximum Gasteiger partial charge on any atom is 0.0764 e. The van der Waals surface area contributed by atoms with E-state index in [0.717, 1.165) is 31.2 Å². The van der Waals surface area contributed by atoms with Crippen LogP contribution in [0, 0.1) is 11.8 Å². The number of hydrogen-bond donors (Lipinski definition) is 1. The number of aromatic nitrogens is 2. The van der Waals surface area contributed by atoms with E-state index < -0.39 is 0 Å². The van der Waals surface area contributed by atoms with E-state index in [1.165, 1.54) is 13.0 Å². The molecule has 0 aromatic carbocycles. The van der Waals surface area contributed by atoms with E-state index in [1.54, 1.807) is 0 Å². The number of rotatable bonds is 3. The Kier molecular flexibility index (Phi) is 3.61. The first-order chi connectivity index (χ1) is 7.69. The molecule has 0 saturated carbocycles. The van der Waals surface area contributed by atoms with Crippen molar-refractivity contribution in [3.8, 4) is 0 Å². The number of likely N-dealkylation sites (tertiary alicyclic amines) is 1. The molecular weight excluding hydrogens is 200 g/mol. The SMILES string of the molecule is CC1CCN(Cc2ccn(C)n2)CC1CN. The lowest BCUT2D eigenvalue weighted by atomic mass is 9.87. The van der Waals surface area contributed by atoms with Crippen molar-refractivity contribution in [2.24, 2.45) is 24.6 Å². The van der Waals surface area contributed by atoms with Gasteiger partial charge in [0.05, 0.1) is 5.69 Å². The zero-order valence-corrected chi connectivity index (χ0v) is 10.3. The number of nitrogens with two attached hydrogens (primary N) is 1. The van der Waals surface area contributed by atoms with Crippen molar-refractivity contribution in [1.82, 2.24) is 14.7 Å². The van der Waals surface area contributed by atoms with Gasteiger partial charge in [0.25, 0.3) is 0 Å². The van der Waals surface area contributed by atoms with Gasteiger partial charge in [0.2, 0.25) is 0 Å². The van der Waals surface area contributed by atoms with Crippen LogP contribution in [0.3, 0.4) is 0 Å². The Morgan fingerprint density at radius 3 is 3.00 bits per heavy atom. The lowest BCUT2D eigenvalue weighted by Gasteiger charge is -2.36. The molecule has 0 amide bonds. The molecule has 2 rings (SSSR count). The number of aryl methyl sites for hydroxylation is 1. The molecule has 0 bridgehead atoms. The first-order valence-corrected chi connectivity index (χ1v) is 6.10. The Labute approximate surface area is 97.4 Å². The summed E-state index contributed by atoms with van der Waals surface area (Å²) < 4.78 is 1.86. The maximum atomic E-state index is 5.81. The normalized spacial score (nSPS) is 27.2. The van der Waals surface area contributed by atoms with Crippen molar-refractivity contribution >= 4 is 0 Å². The van der Waals surface area contributed by atoms with Crippen molar-refractivity contribution < 1.29 is 0 Å². The van der Waals surface area contributed by atoms with Gasteiger partial charge in [-0.15, -0.1) is 0 Å². The van der Waals surface area contributed by atoms with Crippen LogP contribution in [-0.2, 0) is 13.6 Å². The van der Waals surface area contributed by atoms with Gasteiger partial charge in [-0.25, -0.2) is 0 Å². The minimum atomic E-state index is 0.650. The predicted octanol–water partition coefficient (Wildman–Crippen LogP) is 0.837. The molecule has 1 fully saturated rings.